The van der Waals surface area contributed by atoms with Gasteiger partial charge in [0.05, 0.1) is 6.42 Å². The molecule has 0 aliphatic heterocycles. The first-order valence-electron chi connectivity index (χ1n) is 6.38. The summed E-state index contributed by atoms with van der Waals surface area (Å²) in [6.45, 7) is 0. The van der Waals surface area contributed by atoms with E-state index in [-0.39, 0.29) is 0 Å². The maximum Gasteiger partial charge on any atom is 0.151 e. The summed E-state index contributed by atoms with van der Waals surface area (Å²) in [5, 5.41) is 0. The van der Waals surface area contributed by atoms with Crippen molar-refractivity contribution in [1.82, 2.24) is 0 Å². The Kier molecular flexibility index (Phi) is 1.55. The summed E-state index contributed by atoms with van der Waals surface area (Å²) in [5.74, 6) is 5.83. The topological polar surface area (TPSA) is 3.24 Å². The molecular formula is C15H18N+. The lowest BCUT2D eigenvalue weighted by Crippen LogP contribution is -2.09. The molecule has 4 aliphatic rings. The van der Waals surface area contributed by atoms with Crippen molar-refractivity contribution in [3.8, 4) is 0 Å². The van der Waals surface area contributed by atoms with Gasteiger partial charge in [-0.05, 0) is 17.7 Å². The molecule has 0 N–H and O–H groups in total. The van der Waals surface area contributed by atoms with Crippen molar-refractivity contribution in [2.45, 2.75) is 18.8 Å². The van der Waals surface area contributed by atoms with E-state index in [0.29, 0.717) is 0 Å². The van der Waals surface area contributed by atoms with Gasteiger partial charge in [-0.25, -0.2) is 0 Å². The monoisotopic (exact) mass is 212 g/mol. The Labute approximate surface area is 97.5 Å². The first-order valence-corrected chi connectivity index (χ1v) is 6.38. The van der Waals surface area contributed by atoms with Crippen molar-refractivity contribution < 1.29 is 0 Å². The van der Waals surface area contributed by atoms with E-state index in [1.807, 2.05) is 5.92 Å². The second-order valence-electron chi connectivity index (χ2n) is 5.92. The van der Waals surface area contributed by atoms with Crippen LogP contribution in [0.1, 0.15) is 24.3 Å². The van der Waals surface area contributed by atoms with Crippen LogP contribution in [-0.2, 0) is 0 Å². The first-order chi connectivity index (χ1) is 7.75. The Morgan fingerprint density at radius 1 is 1.19 bits per heavy atom. The van der Waals surface area contributed by atoms with E-state index < -0.39 is 0 Å². The fourth-order valence-electron chi connectivity index (χ4n) is 4.22. The molecule has 1 heteroatoms. The van der Waals surface area contributed by atoms with Gasteiger partial charge in [0.15, 0.2) is 5.92 Å². The van der Waals surface area contributed by atoms with Gasteiger partial charge in [0.1, 0.15) is 11.8 Å². The van der Waals surface area contributed by atoms with Gasteiger partial charge in [-0.2, -0.15) is 0 Å². The molecule has 4 atom stereocenters. The smallest absolute Gasteiger partial charge is 0.151 e. The Balaban J connectivity index is 1.64. The largest absolute Gasteiger partial charge is 0.378 e. The SMILES string of the molecule is CN(C)c1ccc(C2C3C[C+]4C(C3)C42)cc1. The fraction of sp³-hybridized carbons (Fsp3) is 0.533. The summed E-state index contributed by atoms with van der Waals surface area (Å²) in [6.07, 6.45) is 2.95. The van der Waals surface area contributed by atoms with Crippen molar-refractivity contribution in [2.75, 3.05) is 19.0 Å². The zero-order valence-corrected chi connectivity index (χ0v) is 9.98. The number of rotatable bonds is 2. The second kappa shape index (κ2) is 2.77. The normalized spacial score (nSPS) is 38.0. The minimum Gasteiger partial charge on any atom is -0.378 e. The van der Waals surface area contributed by atoms with E-state index in [4.69, 9.17) is 0 Å². The van der Waals surface area contributed by atoms with Crippen LogP contribution < -0.4 is 4.90 Å². The summed E-state index contributed by atoms with van der Waals surface area (Å²) in [4.78, 5) is 2.17. The van der Waals surface area contributed by atoms with E-state index in [0.717, 1.165) is 23.7 Å². The van der Waals surface area contributed by atoms with Gasteiger partial charge in [0.2, 0.25) is 0 Å². The molecule has 1 nitrogen and oxygen atoms in total. The second-order valence-corrected chi connectivity index (χ2v) is 5.92. The van der Waals surface area contributed by atoms with E-state index >= 15 is 0 Å². The van der Waals surface area contributed by atoms with E-state index in [1.54, 1.807) is 5.56 Å². The lowest BCUT2D eigenvalue weighted by molar-refractivity contribution is 0.528. The van der Waals surface area contributed by atoms with Crippen LogP contribution in [0.15, 0.2) is 24.3 Å². The lowest BCUT2D eigenvalue weighted by atomic mass is 9.90. The van der Waals surface area contributed by atoms with Crippen LogP contribution in [0.3, 0.4) is 0 Å². The van der Waals surface area contributed by atoms with Gasteiger partial charge < -0.3 is 4.90 Å². The fourth-order valence-corrected chi connectivity index (χ4v) is 4.22. The Morgan fingerprint density at radius 3 is 2.38 bits per heavy atom. The van der Waals surface area contributed by atoms with Crippen molar-refractivity contribution in [1.29, 1.82) is 0 Å². The lowest BCUT2D eigenvalue weighted by Gasteiger charge is -2.15. The highest BCUT2D eigenvalue weighted by Gasteiger charge is 2.80. The average molecular weight is 212 g/mol. The number of hydrogen-bond donors (Lipinski definition) is 0. The van der Waals surface area contributed by atoms with Crippen molar-refractivity contribution in [3.05, 3.63) is 35.7 Å². The van der Waals surface area contributed by atoms with Crippen LogP contribution in [0.4, 0.5) is 5.69 Å². The molecule has 0 heterocycles. The third-order valence-corrected chi connectivity index (χ3v) is 4.97. The number of anilines is 1. The quantitative estimate of drug-likeness (QED) is 0.681. The van der Waals surface area contributed by atoms with Gasteiger partial charge in [-0.15, -0.1) is 0 Å². The summed E-state index contributed by atoms with van der Waals surface area (Å²) in [7, 11) is 4.21. The highest BCUT2D eigenvalue weighted by molar-refractivity contribution is 5.49. The van der Waals surface area contributed by atoms with Crippen LogP contribution in [0, 0.1) is 23.7 Å². The van der Waals surface area contributed by atoms with E-state index in [2.05, 4.69) is 43.3 Å². The van der Waals surface area contributed by atoms with Gasteiger partial charge in [-0.3, -0.25) is 0 Å². The molecule has 4 bridgehead atoms. The third kappa shape index (κ3) is 0.991. The summed E-state index contributed by atoms with van der Waals surface area (Å²) >= 11 is 0. The summed E-state index contributed by atoms with van der Waals surface area (Å²) < 4.78 is 0. The molecule has 1 aromatic carbocycles. The van der Waals surface area contributed by atoms with Crippen LogP contribution in [0.25, 0.3) is 0 Å². The molecule has 82 valence electrons. The maximum absolute atomic E-state index is 2.36. The molecule has 0 radical (unpaired) electrons. The van der Waals surface area contributed by atoms with Crippen LogP contribution in [-0.4, -0.2) is 14.1 Å². The van der Waals surface area contributed by atoms with E-state index in [1.165, 1.54) is 18.5 Å². The molecule has 1 aromatic rings. The maximum atomic E-state index is 2.36. The highest BCUT2D eigenvalue weighted by Crippen LogP contribution is 2.77. The molecule has 4 fully saturated rings. The van der Waals surface area contributed by atoms with Gasteiger partial charge >= 0.3 is 0 Å². The van der Waals surface area contributed by atoms with Gasteiger partial charge in [0, 0.05) is 38.0 Å². The zero-order valence-electron chi connectivity index (χ0n) is 9.98. The number of hydrogen-bond acceptors (Lipinski definition) is 1. The molecule has 0 amide bonds. The Hall–Kier alpha value is -1.11. The third-order valence-electron chi connectivity index (χ3n) is 4.97. The Bertz CT molecular complexity index is 406. The van der Waals surface area contributed by atoms with Crippen molar-refractivity contribution >= 4 is 5.69 Å². The van der Waals surface area contributed by atoms with E-state index in [9.17, 15) is 0 Å². The van der Waals surface area contributed by atoms with Crippen LogP contribution in [0.2, 0.25) is 0 Å². The molecular weight excluding hydrogens is 194 g/mol. The molecule has 4 unspecified atom stereocenters. The van der Waals surface area contributed by atoms with Gasteiger partial charge in [-0.1, -0.05) is 12.1 Å². The predicted molar refractivity (Wildman–Crippen MR) is 66.5 cm³/mol. The van der Waals surface area contributed by atoms with Crippen molar-refractivity contribution in [2.24, 2.45) is 17.8 Å². The minimum absolute atomic E-state index is 0.885. The predicted octanol–water partition coefficient (Wildman–Crippen LogP) is 3.08. The highest BCUT2D eigenvalue weighted by atomic mass is 15.1. The number of benzene rings is 1. The van der Waals surface area contributed by atoms with Crippen LogP contribution >= 0.6 is 0 Å². The molecule has 0 spiro atoms. The molecule has 4 aliphatic carbocycles. The number of nitrogens with zero attached hydrogens (tertiary/aromatic N) is 1. The summed E-state index contributed by atoms with van der Waals surface area (Å²) in [6, 6.07) is 9.26. The minimum atomic E-state index is 0.885. The van der Waals surface area contributed by atoms with Crippen LogP contribution in [0.5, 0.6) is 0 Å². The van der Waals surface area contributed by atoms with Gasteiger partial charge in [0.25, 0.3) is 0 Å². The molecule has 0 aromatic heterocycles. The first kappa shape index (κ1) is 8.98. The average Bonchev–Trinajstić information content (AvgIpc) is 2.74. The molecule has 4 saturated carbocycles. The molecule has 0 saturated heterocycles. The molecule has 16 heavy (non-hydrogen) atoms. The standard InChI is InChI=1S/C15H18N/c1-16(2)11-5-3-9(4-6-11)14-10-7-12-13(8-10)15(12)14/h3-6,10,12,14-15H,7-8H2,1-2H3/q+1. The van der Waals surface area contributed by atoms with Crippen molar-refractivity contribution in [3.63, 3.8) is 0 Å². The molecule has 5 rings (SSSR count). The summed E-state index contributed by atoms with van der Waals surface area (Å²) in [5.41, 5.74) is 2.91. The zero-order chi connectivity index (χ0) is 10.9. The Morgan fingerprint density at radius 2 is 1.94 bits per heavy atom.